The van der Waals surface area contributed by atoms with Gasteiger partial charge in [0.15, 0.2) is 0 Å². The summed E-state index contributed by atoms with van der Waals surface area (Å²) in [7, 11) is 0. The van der Waals surface area contributed by atoms with Crippen LogP contribution >= 0.6 is 0 Å². The summed E-state index contributed by atoms with van der Waals surface area (Å²) in [6, 6.07) is 0.192. The third-order valence-corrected chi connectivity index (χ3v) is 3.99. The molecule has 3 nitrogen and oxygen atoms in total. The minimum Gasteiger partial charge on any atom is -0.475 e. The summed E-state index contributed by atoms with van der Waals surface area (Å²) < 4.78 is 5.77. The van der Waals surface area contributed by atoms with E-state index in [4.69, 9.17) is 9.73 Å². The number of aliphatic imine (C=N–C) groups is 1. The maximum absolute atomic E-state index is 11.6. The molecule has 0 saturated carbocycles. The molecule has 3 heteroatoms. The highest BCUT2D eigenvalue weighted by molar-refractivity contribution is 5.97. The van der Waals surface area contributed by atoms with E-state index in [0.29, 0.717) is 6.61 Å². The van der Waals surface area contributed by atoms with Gasteiger partial charge in [-0.25, -0.2) is 4.99 Å². The van der Waals surface area contributed by atoms with E-state index < -0.39 is 0 Å². The summed E-state index contributed by atoms with van der Waals surface area (Å²) in [5, 5.41) is 0. The molecule has 0 amide bonds. The number of hydrogen-bond acceptors (Lipinski definition) is 3. The Kier molecular flexibility index (Phi) is 3.66. The van der Waals surface area contributed by atoms with Crippen LogP contribution in [-0.2, 0) is 9.53 Å². The first-order valence-electron chi connectivity index (χ1n) is 6.90. The lowest BCUT2D eigenvalue weighted by Crippen LogP contribution is -2.25. The average molecular weight is 261 g/mol. The minimum atomic E-state index is -0.0556. The van der Waals surface area contributed by atoms with Crippen LogP contribution in [0.4, 0.5) is 0 Å². The second kappa shape index (κ2) is 4.95. The Hall–Kier alpha value is -1.38. The molecule has 3 atom stereocenters. The summed E-state index contributed by atoms with van der Waals surface area (Å²) in [6.07, 6.45) is 5.93. The number of rotatable bonds is 2. The molecule has 0 radical (unpaired) electrons. The zero-order valence-corrected chi connectivity index (χ0v) is 12.4. The molecule has 0 N–H and O–H groups in total. The van der Waals surface area contributed by atoms with Crippen LogP contribution in [0, 0.1) is 17.3 Å². The van der Waals surface area contributed by atoms with E-state index in [9.17, 15) is 4.79 Å². The van der Waals surface area contributed by atoms with Crippen molar-refractivity contribution in [2.24, 2.45) is 22.2 Å². The van der Waals surface area contributed by atoms with Crippen molar-refractivity contribution < 1.29 is 9.53 Å². The monoisotopic (exact) mass is 261 g/mol. The van der Waals surface area contributed by atoms with Gasteiger partial charge in [-0.2, -0.15) is 0 Å². The fourth-order valence-electron chi connectivity index (χ4n) is 2.52. The maximum Gasteiger partial charge on any atom is 0.212 e. The van der Waals surface area contributed by atoms with Gasteiger partial charge in [0.1, 0.15) is 12.4 Å². The molecule has 0 aromatic carbocycles. The number of carbonyl (C=O) groups excluding carboxylic acids is 1. The molecule has 1 aliphatic carbocycles. The molecular weight excluding hydrogens is 238 g/mol. The minimum absolute atomic E-state index is 0.0556. The Morgan fingerprint density at radius 3 is 2.63 bits per heavy atom. The van der Waals surface area contributed by atoms with Gasteiger partial charge >= 0.3 is 0 Å². The molecule has 19 heavy (non-hydrogen) atoms. The predicted molar refractivity (Wildman–Crippen MR) is 77.2 cm³/mol. The van der Waals surface area contributed by atoms with Gasteiger partial charge < -0.3 is 4.74 Å². The molecule has 0 bridgehead atoms. The van der Waals surface area contributed by atoms with Crippen LogP contribution in [0.3, 0.4) is 0 Å². The Morgan fingerprint density at radius 1 is 1.42 bits per heavy atom. The second-order valence-electron chi connectivity index (χ2n) is 6.56. The molecular formula is C16H23NO2. The van der Waals surface area contributed by atoms with Crippen molar-refractivity contribution >= 4 is 11.7 Å². The quantitative estimate of drug-likeness (QED) is 0.766. The van der Waals surface area contributed by atoms with Gasteiger partial charge in [-0.3, -0.25) is 4.79 Å². The number of ketones is 1. The van der Waals surface area contributed by atoms with E-state index in [2.05, 4.69) is 27.7 Å². The molecule has 0 saturated heterocycles. The third-order valence-electron chi connectivity index (χ3n) is 3.99. The van der Waals surface area contributed by atoms with E-state index >= 15 is 0 Å². The van der Waals surface area contributed by atoms with Crippen molar-refractivity contribution in [1.82, 2.24) is 0 Å². The lowest BCUT2D eigenvalue weighted by Gasteiger charge is -2.23. The molecule has 2 aliphatic rings. The number of Topliss-reactive ketones (excluding diaryl/α,β-unsaturated/α-hetero) is 1. The van der Waals surface area contributed by atoms with Gasteiger partial charge in [0.25, 0.3) is 0 Å². The Balaban J connectivity index is 2.22. The summed E-state index contributed by atoms with van der Waals surface area (Å²) in [6.45, 7) is 10.9. The van der Waals surface area contributed by atoms with Crippen molar-refractivity contribution in [3.8, 4) is 0 Å². The smallest absolute Gasteiger partial charge is 0.212 e. The van der Waals surface area contributed by atoms with Crippen molar-refractivity contribution in [3.63, 3.8) is 0 Å². The fourth-order valence-corrected chi connectivity index (χ4v) is 2.52. The molecule has 104 valence electrons. The van der Waals surface area contributed by atoms with Crippen LogP contribution in [-0.4, -0.2) is 24.3 Å². The van der Waals surface area contributed by atoms with Gasteiger partial charge in [-0.05, 0) is 18.3 Å². The van der Waals surface area contributed by atoms with Gasteiger partial charge in [0.05, 0.1) is 6.04 Å². The summed E-state index contributed by atoms with van der Waals surface area (Å²) in [4.78, 5) is 16.3. The second-order valence-corrected chi connectivity index (χ2v) is 6.56. The topological polar surface area (TPSA) is 38.7 Å². The van der Waals surface area contributed by atoms with E-state index in [1.54, 1.807) is 6.92 Å². The normalized spacial score (nSPS) is 30.7. The lowest BCUT2D eigenvalue weighted by atomic mass is 9.81. The summed E-state index contributed by atoms with van der Waals surface area (Å²) in [5.41, 5.74) is 1.16. The molecule has 0 aromatic rings. The van der Waals surface area contributed by atoms with Crippen LogP contribution in [0.25, 0.3) is 0 Å². The largest absolute Gasteiger partial charge is 0.475 e. The standard InChI is InChI=1S/C16H23NO2/c1-10-12(11(2)18)7-6-8-13(10)15-17-14(9-19-15)16(3,4)5/h6-8,10,12,14H,9H2,1-5H3/t10-,12-,14+/m0/s1. The molecule has 2 rings (SSSR count). The van der Waals surface area contributed by atoms with Gasteiger partial charge in [0.2, 0.25) is 5.90 Å². The van der Waals surface area contributed by atoms with E-state index in [1.165, 1.54) is 0 Å². The van der Waals surface area contributed by atoms with Crippen LogP contribution < -0.4 is 0 Å². The van der Waals surface area contributed by atoms with Crippen LogP contribution in [0.15, 0.2) is 28.8 Å². The van der Waals surface area contributed by atoms with E-state index in [-0.39, 0.29) is 29.1 Å². The van der Waals surface area contributed by atoms with Gasteiger partial charge in [-0.1, -0.05) is 45.9 Å². The van der Waals surface area contributed by atoms with Crippen molar-refractivity contribution in [2.75, 3.05) is 6.61 Å². The lowest BCUT2D eigenvalue weighted by molar-refractivity contribution is -0.120. The first-order valence-corrected chi connectivity index (χ1v) is 6.90. The summed E-state index contributed by atoms with van der Waals surface area (Å²) >= 11 is 0. The Morgan fingerprint density at radius 2 is 2.11 bits per heavy atom. The maximum atomic E-state index is 11.6. The van der Waals surface area contributed by atoms with Crippen molar-refractivity contribution in [2.45, 2.75) is 40.7 Å². The van der Waals surface area contributed by atoms with E-state index in [0.717, 1.165) is 11.5 Å². The Labute approximate surface area is 115 Å². The van der Waals surface area contributed by atoms with Crippen LogP contribution in [0.1, 0.15) is 34.6 Å². The molecule has 1 aliphatic heterocycles. The summed E-state index contributed by atoms with van der Waals surface area (Å²) in [5.74, 6) is 1.00. The van der Waals surface area contributed by atoms with Crippen LogP contribution in [0.2, 0.25) is 0 Å². The van der Waals surface area contributed by atoms with Crippen molar-refractivity contribution in [1.29, 1.82) is 0 Å². The zero-order chi connectivity index (χ0) is 14.2. The fraction of sp³-hybridized carbons (Fsp3) is 0.625. The molecule has 1 heterocycles. The first kappa shape index (κ1) is 14.0. The highest BCUT2D eigenvalue weighted by Crippen LogP contribution is 2.32. The highest BCUT2D eigenvalue weighted by Gasteiger charge is 2.34. The first-order chi connectivity index (χ1) is 8.80. The van der Waals surface area contributed by atoms with Crippen LogP contribution in [0.5, 0.6) is 0 Å². The number of hydrogen-bond donors (Lipinski definition) is 0. The molecule has 0 spiro atoms. The SMILES string of the molecule is CC(=O)[C@H]1C=CC=C(C2=N[C@@H](C(C)(C)C)CO2)[C@H]1C. The highest BCUT2D eigenvalue weighted by atomic mass is 16.5. The number of allylic oxidation sites excluding steroid dienone is 3. The number of carbonyl (C=O) groups is 1. The number of ether oxygens (including phenoxy) is 1. The van der Waals surface area contributed by atoms with Gasteiger partial charge in [0, 0.05) is 11.5 Å². The molecule has 0 fully saturated rings. The predicted octanol–water partition coefficient (Wildman–Crippen LogP) is 3.17. The van der Waals surface area contributed by atoms with Crippen molar-refractivity contribution in [3.05, 3.63) is 23.8 Å². The zero-order valence-electron chi connectivity index (χ0n) is 12.4. The molecule has 0 aromatic heterocycles. The van der Waals surface area contributed by atoms with E-state index in [1.807, 2.05) is 18.2 Å². The van der Waals surface area contributed by atoms with Gasteiger partial charge in [-0.15, -0.1) is 0 Å². The third kappa shape index (κ3) is 2.80. The average Bonchev–Trinajstić information content (AvgIpc) is 2.77. The number of nitrogens with zero attached hydrogens (tertiary/aromatic N) is 1. The molecule has 0 unspecified atom stereocenters. The Bertz CT molecular complexity index is 466.